The van der Waals surface area contributed by atoms with Gasteiger partial charge in [0.15, 0.2) is 4.32 Å². The lowest BCUT2D eigenvalue weighted by atomic mass is 10.2. The van der Waals surface area contributed by atoms with Crippen molar-refractivity contribution in [1.82, 2.24) is 0 Å². The van der Waals surface area contributed by atoms with Crippen LogP contribution in [0.5, 0.6) is 0 Å². The van der Waals surface area contributed by atoms with Gasteiger partial charge in [-0.3, -0.25) is 9.69 Å². The fourth-order valence-corrected chi connectivity index (χ4v) is 4.09. The van der Waals surface area contributed by atoms with Crippen molar-refractivity contribution >= 4 is 80.8 Å². The molecule has 2 aromatic rings. The standard InChI is InChI=1S/C16H7Cl3FNOS2/c17-8-4-5-13(11(19)6-8)21-15(22)14(24-16(21)23)7-9-10(18)2-1-3-12(9)20/h1-7H/b14-7+. The number of carbonyl (C=O) groups is 1. The number of rotatable bonds is 2. The Morgan fingerprint density at radius 3 is 2.54 bits per heavy atom. The number of carbonyl (C=O) groups excluding carboxylic acids is 1. The van der Waals surface area contributed by atoms with Crippen molar-refractivity contribution in [3.63, 3.8) is 0 Å². The van der Waals surface area contributed by atoms with Crippen LogP contribution in [0.2, 0.25) is 15.1 Å². The predicted octanol–water partition coefficient (Wildman–Crippen LogP) is 6.19. The molecule has 0 spiro atoms. The van der Waals surface area contributed by atoms with Crippen LogP contribution in [-0.2, 0) is 4.79 Å². The van der Waals surface area contributed by atoms with Gasteiger partial charge in [-0.1, -0.05) is 64.8 Å². The molecular weight excluding hydrogens is 412 g/mol. The Morgan fingerprint density at radius 2 is 1.88 bits per heavy atom. The molecule has 1 aliphatic heterocycles. The summed E-state index contributed by atoms with van der Waals surface area (Å²) < 4.78 is 14.2. The van der Waals surface area contributed by atoms with Crippen LogP contribution in [0.3, 0.4) is 0 Å². The SMILES string of the molecule is O=C1/C(=C\c2c(F)cccc2Cl)SC(=S)N1c1ccc(Cl)cc1Cl. The molecule has 1 fully saturated rings. The van der Waals surface area contributed by atoms with Crippen molar-refractivity contribution in [2.24, 2.45) is 0 Å². The molecule has 0 aromatic heterocycles. The van der Waals surface area contributed by atoms with Gasteiger partial charge in [-0.15, -0.1) is 0 Å². The van der Waals surface area contributed by atoms with Gasteiger partial charge in [0.05, 0.1) is 20.6 Å². The molecule has 0 saturated carbocycles. The van der Waals surface area contributed by atoms with Gasteiger partial charge >= 0.3 is 0 Å². The van der Waals surface area contributed by atoms with Crippen molar-refractivity contribution in [2.45, 2.75) is 0 Å². The van der Waals surface area contributed by atoms with Crippen LogP contribution in [0.4, 0.5) is 10.1 Å². The van der Waals surface area contributed by atoms with Crippen LogP contribution >= 0.6 is 58.8 Å². The summed E-state index contributed by atoms with van der Waals surface area (Å²) >= 11 is 24.3. The molecule has 8 heteroatoms. The molecule has 0 unspecified atom stereocenters. The summed E-state index contributed by atoms with van der Waals surface area (Å²) in [6.45, 7) is 0. The molecule has 1 saturated heterocycles. The molecule has 2 nitrogen and oxygen atoms in total. The number of anilines is 1. The number of hydrogen-bond donors (Lipinski definition) is 0. The van der Waals surface area contributed by atoms with E-state index in [9.17, 15) is 9.18 Å². The Balaban J connectivity index is 2.02. The van der Waals surface area contributed by atoms with Crippen molar-refractivity contribution in [2.75, 3.05) is 4.90 Å². The van der Waals surface area contributed by atoms with Crippen LogP contribution in [0.1, 0.15) is 5.56 Å². The monoisotopic (exact) mass is 417 g/mol. The maximum absolute atomic E-state index is 13.9. The van der Waals surface area contributed by atoms with Gasteiger partial charge in [-0.2, -0.15) is 0 Å². The Hall–Kier alpha value is -1.11. The van der Waals surface area contributed by atoms with Crippen molar-refractivity contribution in [1.29, 1.82) is 0 Å². The second-order valence-electron chi connectivity index (χ2n) is 4.75. The molecule has 3 rings (SSSR count). The van der Waals surface area contributed by atoms with Gasteiger partial charge in [-0.25, -0.2) is 4.39 Å². The normalized spacial score (nSPS) is 16.3. The van der Waals surface area contributed by atoms with Crippen LogP contribution in [0, 0.1) is 5.82 Å². The number of thiocarbonyl (C=S) groups is 1. The second-order valence-corrected chi connectivity index (χ2v) is 7.67. The van der Waals surface area contributed by atoms with E-state index in [1.165, 1.54) is 29.2 Å². The number of amides is 1. The first-order valence-corrected chi connectivity index (χ1v) is 8.91. The fraction of sp³-hybridized carbons (Fsp3) is 0. The van der Waals surface area contributed by atoms with Crippen molar-refractivity contribution in [3.05, 3.63) is 67.8 Å². The quantitative estimate of drug-likeness (QED) is 0.428. The summed E-state index contributed by atoms with van der Waals surface area (Å²) in [6.07, 6.45) is 1.39. The first-order valence-electron chi connectivity index (χ1n) is 6.55. The lowest BCUT2D eigenvalue weighted by Gasteiger charge is -2.16. The number of nitrogens with zero attached hydrogens (tertiary/aromatic N) is 1. The maximum Gasteiger partial charge on any atom is 0.270 e. The zero-order chi connectivity index (χ0) is 17.4. The lowest BCUT2D eigenvalue weighted by molar-refractivity contribution is -0.113. The Bertz CT molecular complexity index is 881. The molecule has 0 aliphatic carbocycles. The molecule has 0 bridgehead atoms. The third-order valence-corrected chi connectivity index (χ3v) is 5.39. The Morgan fingerprint density at radius 1 is 1.12 bits per heavy atom. The molecular formula is C16H7Cl3FNOS2. The molecule has 2 aromatic carbocycles. The van der Waals surface area contributed by atoms with E-state index in [4.69, 9.17) is 47.0 Å². The summed E-state index contributed by atoms with van der Waals surface area (Å²) in [6, 6.07) is 9.05. The van der Waals surface area contributed by atoms with Crippen molar-refractivity contribution < 1.29 is 9.18 Å². The summed E-state index contributed by atoms with van der Waals surface area (Å²) in [5, 5.41) is 0.955. The first-order chi connectivity index (χ1) is 11.4. The van der Waals surface area contributed by atoms with E-state index in [0.29, 0.717) is 20.1 Å². The van der Waals surface area contributed by atoms with Crippen LogP contribution in [0.15, 0.2) is 41.3 Å². The molecule has 122 valence electrons. The Kier molecular flexibility index (Phi) is 5.18. The summed E-state index contributed by atoms with van der Waals surface area (Å²) in [4.78, 5) is 14.2. The largest absolute Gasteiger partial charge is 0.270 e. The highest BCUT2D eigenvalue weighted by atomic mass is 35.5. The molecule has 0 N–H and O–H groups in total. The molecule has 1 amide bonds. The molecule has 0 atom stereocenters. The maximum atomic E-state index is 13.9. The van der Waals surface area contributed by atoms with Gasteiger partial charge in [-0.05, 0) is 36.4 Å². The van der Waals surface area contributed by atoms with E-state index in [-0.39, 0.29) is 15.5 Å². The van der Waals surface area contributed by atoms with Crippen LogP contribution < -0.4 is 4.90 Å². The number of hydrogen-bond acceptors (Lipinski definition) is 3. The van der Waals surface area contributed by atoms with Gasteiger partial charge in [0, 0.05) is 10.6 Å². The van der Waals surface area contributed by atoms with Crippen molar-refractivity contribution in [3.8, 4) is 0 Å². The van der Waals surface area contributed by atoms with Crippen LogP contribution in [-0.4, -0.2) is 10.2 Å². The minimum absolute atomic E-state index is 0.141. The van der Waals surface area contributed by atoms with Crippen LogP contribution in [0.25, 0.3) is 6.08 Å². The van der Waals surface area contributed by atoms with E-state index in [2.05, 4.69) is 0 Å². The number of halogens is 4. The summed E-state index contributed by atoms with van der Waals surface area (Å²) in [5.74, 6) is -0.911. The molecule has 0 radical (unpaired) electrons. The van der Waals surface area contributed by atoms with E-state index in [1.54, 1.807) is 18.2 Å². The number of thioether (sulfide) groups is 1. The highest BCUT2D eigenvalue weighted by Gasteiger charge is 2.34. The second kappa shape index (κ2) is 7.02. The van der Waals surface area contributed by atoms with E-state index in [0.717, 1.165) is 11.8 Å². The highest BCUT2D eigenvalue weighted by molar-refractivity contribution is 8.27. The van der Waals surface area contributed by atoms with E-state index in [1.807, 2.05) is 0 Å². The van der Waals surface area contributed by atoms with Gasteiger partial charge < -0.3 is 0 Å². The third kappa shape index (κ3) is 3.32. The highest BCUT2D eigenvalue weighted by Crippen LogP contribution is 2.40. The smallest absolute Gasteiger partial charge is 0.268 e. The van der Waals surface area contributed by atoms with E-state index < -0.39 is 11.7 Å². The van der Waals surface area contributed by atoms with Gasteiger partial charge in [0.1, 0.15) is 5.82 Å². The molecule has 1 aliphatic rings. The first kappa shape index (κ1) is 17.7. The van der Waals surface area contributed by atoms with Gasteiger partial charge in [0.25, 0.3) is 5.91 Å². The fourth-order valence-electron chi connectivity index (χ4n) is 2.12. The summed E-state index contributed by atoms with van der Waals surface area (Å²) in [5.41, 5.74) is 0.563. The topological polar surface area (TPSA) is 20.3 Å². The molecule has 24 heavy (non-hydrogen) atoms. The summed E-state index contributed by atoms with van der Waals surface area (Å²) in [7, 11) is 0. The minimum Gasteiger partial charge on any atom is -0.268 e. The average Bonchev–Trinajstić information content (AvgIpc) is 2.78. The minimum atomic E-state index is -0.516. The number of benzene rings is 2. The average molecular weight is 419 g/mol. The zero-order valence-corrected chi connectivity index (χ0v) is 15.6. The molecule has 1 heterocycles. The lowest BCUT2D eigenvalue weighted by Crippen LogP contribution is -2.27. The Labute approximate surface area is 162 Å². The van der Waals surface area contributed by atoms with Gasteiger partial charge in [0.2, 0.25) is 0 Å². The zero-order valence-electron chi connectivity index (χ0n) is 11.7. The third-order valence-electron chi connectivity index (χ3n) is 3.22. The predicted molar refractivity (Wildman–Crippen MR) is 104 cm³/mol. The van der Waals surface area contributed by atoms with E-state index >= 15 is 0 Å².